The van der Waals surface area contributed by atoms with Crippen molar-refractivity contribution in [1.82, 2.24) is 14.9 Å². The third kappa shape index (κ3) is 4.37. The summed E-state index contributed by atoms with van der Waals surface area (Å²) in [7, 11) is 3.47. The fourth-order valence-electron chi connectivity index (χ4n) is 2.93. The van der Waals surface area contributed by atoms with E-state index in [0.29, 0.717) is 22.8 Å². The second-order valence-corrected chi connectivity index (χ2v) is 6.34. The van der Waals surface area contributed by atoms with Crippen LogP contribution < -0.4 is 15.4 Å². The molecule has 28 heavy (non-hydrogen) atoms. The number of hydrogen-bond donors (Lipinski definition) is 2. The minimum absolute atomic E-state index is 0.195. The number of carbonyl (C=O) groups is 2. The second-order valence-electron chi connectivity index (χ2n) is 6.34. The monoisotopic (exact) mass is 378 g/mol. The molecule has 7 nitrogen and oxygen atoms in total. The molecular formula is C21H22N4O3. The third-order valence-electron chi connectivity index (χ3n) is 4.26. The van der Waals surface area contributed by atoms with E-state index in [2.05, 4.69) is 15.6 Å². The number of anilines is 1. The first-order valence-corrected chi connectivity index (χ1v) is 8.77. The molecule has 1 heterocycles. The fourth-order valence-corrected chi connectivity index (χ4v) is 2.93. The van der Waals surface area contributed by atoms with Gasteiger partial charge in [0.1, 0.15) is 17.6 Å². The molecule has 1 unspecified atom stereocenters. The van der Waals surface area contributed by atoms with Crippen LogP contribution in [0.2, 0.25) is 0 Å². The zero-order chi connectivity index (χ0) is 20.1. The lowest BCUT2D eigenvalue weighted by atomic mass is 10.0. The van der Waals surface area contributed by atoms with Crippen molar-refractivity contribution in [2.45, 2.75) is 13.0 Å². The van der Waals surface area contributed by atoms with Crippen LogP contribution in [-0.4, -0.2) is 28.5 Å². The molecule has 1 atom stereocenters. The Balaban J connectivity index is 1.92. The molecule has 0 saturated carbocycles. The molecule has 0 aliphatic rings. The van der Waals surface area contributed by atoms with Gasteiger partial charge in [-0.25, -0.2) is 4.98 Å². The largest absolute Gasteiger partial charge is 0.497 e. The van der Waals surface area contributed by atoms with Crippen molar-refractivity contribution in [2.24, 2.45) is 7.05 Å². The molecule has 0 bridgehead atoms. The van der Waals surface area contributed by atoms with E-state index in [-0.39, 0.29) is 11.8 Å². The molecule has 0 aliphatic carbocycles. The molecule has 0 aliphatic heterocycles. The van der Waals surface area contributed by atoms with Gasteiger partial charge < -0.3 is 19.9 Å². The van der Waals surface area contributed by atoms with Crippen molar-refractivity contribution in [1.29, 1.82) is 0 Å². The Hall–Kier alpha value is -3.61. The van der Waals surface area contributed by atoms with Gasteiger partial charge in [-0.2, -0.15) is 0 Å². The highest BCUT2D eigenvalue weighted by atomic mass is 16.5. The van der Waals surface area contributed by atoms with Gasteiger partial charge in [0, 0.05) is 37.6 Å². The number of carbonyl (C=O) groups excluding carboxylic acids is 2. The van der Waals surface area contributed by atoms with E-state index in [9.17, 15) is 9.59 Å². The van der Waals surface area contributed by atoms with Crippen molar-refractivity contribution < 1.29 is 14.3 Å². The molecule has 2 N–H and O–H groups in total. The molecule has 0 radical (unpaired) electrons. The molecule has 1 aromatic heterocycles. The molecule has 0 fully saturated rings. The molecule has 0 spiro atoms. The van der Waals surface area contributed by atoms with Gasteiger partial charge in [0.05, 0.1) is 7.11 Å². The molecule has 2 aromatic carbocycles. The van der Waals surface area contributed by atoms with Gasteiger partial charge >= 0.3 is 0 Å². The van der Waals surface area contributed by atoms with Gasteiger partial charge in [-0.1, -0.05) is 18.2 Å². The van der Waals surface area contributed by atoms with Crippen LogP contribution in [0.3, 0.4) is 0 Å². The van der Waals surface area contributed by atoms with Crippen LogP contribution in [0.4, 0.5) is 5.69 Å². The van der Waals surface area contributed by atoms with E-state index in [1.54, 1.807) is 37.6 Å². The predicted octanol–water partition coefficient (Wildman–Crippen LogP) is 2.91. The smallest absolute Gasteiger partial charge is 0.252 e. The lowest BCUT2D eigenvalue weighted by molar-refractivity contribution is -0.114. The summed E-state index contributed by atoms with van der Waals surface area (Å²) in [5.74, 6) is 0.918. The van der Waals surface area contributed by atoms with Crippen molar-refractivity contribution in [3.8, 4) is 5.75 Å². The van der Waals surface area contributed by atoms with Crippen LogP contribution in [0.25, 0.3) is 0 Å². The molecule has 3 aromatic rings. The minimum atomic E-state index is -0.466. The summed E-state index contributed by atoms with van der Waals surface area (Å²) in [5.41, 5.74) is 1.85. The zero-order valence-electron chi connectivity index (χ0n) is 16.0. The van der Waals surface area contributed by atoms with Crippen molar-refractivity contribution >= 4 is 17.5 Å². The van der Waals surface area contributed by atoms with Gasteiger partial charge in [0.25, 0.3) is 5.91 Å². The number of nitrogens with zero attached hydrogens (tertiary/aromatic N) is 2. The van der Waals surface area contributed by atoms with Gasteiger partial charge in [0.15, 0.2) is 0 Å². The predicted molar refractivity (Wildman–Crippen MR) is 106 cm³/mol. The van der Waals surface area contributed by atoms with Crippen molar-refractivity contribution in [2.75, 3.05) is 12.4 Å². The van der Waals surface area contributed by atoms with E-state index in [1.807, 2.05) is 42.1 Å². The number of nitrogens with one attached hydrogen (secondary N) is 2. The van der Waals surface area contributed by atoms with Gasteiger partial charge in [0.2, 0.25) is 5.91 Å². The summed E-state index contributed by atoms with van der Waals surface area (Å²) >= 11 is 0. The van der Waals surface area contributed by atoms with Crippen LogP contribution in [0, 0.1) is 0 Å². The van der Waals surface area contributed by atoms with E-state index in [4.69, 9.17) is 4.74 Å². The van der Waals surface area contributed by atoms with Crippen LogP contribution in [0.15, 0.2) is 60.9 Å². The third-order valence-corrected chi connectivity index (χ3v) is 4.26. The lowest BCUT2D eigenvalue weighted by Crippen LogP contribution is -2.31. The number of ether oxygens (including phenoxy) is 1. The van der Waals surface area contributed by atoms with Gasteiger partial charge in [-0.15, -0.1) is 0 Å². The van der Waals surface area contributed by atoms with E-state index in [1.165, 1.54) is 6.92 Å². The molecule has 7 heteroatoms. The Morgan fingerprint density at radius 3 is 2.61 bits per heavy atom. The minimum Gasteiger partial charge on any atom is -0.497 e. The maximum atomic E-state index is 12.9. The average molecular weight is 378 g/mol. The Morgan fingerprint density at radius 1 is 1.14 bits per heavy atom. The first kappa shape index (κ1) is 19.2. The molecule has 0 saturated heterocycles. The summed E-state index contributed by atoms with van der Waals surface area (Å²) in [6.45, 7) is 1.42. The van der Waals surface area contributed by atoms with Crippen LogP contribution >= 0.6 is 0 Å². The number of imidazole rings is 1. The average Bonchev–Trinajstić information content (AvgIpc) is 3.11. The Kier molecular flexibility index (Phi) is 5.74. The van der Waals surface area contributed by atoms with Gasteiger partial charge in [-0.3, -0.25) is 9.59 Å². The standard InChI is InChI=1S/C21H22N4O3/c1-14(26)23-17-8-4-7-16(12-17)21(27)24-19(20-22-10-11-25(20)2)15-6-5-9-18(13-15)28-3/h4-13,19H,1-3H3,(H,23,26)(H,24,27). The normalized spacial score (nSPS) is 11.5. The summed E-state index contributed by atoms with van der Waals surface area (Å²) in [4.78, 5) is 28.6. The van der Waals surface area contributed by atoms with Crippen LogP contribution in [-0.2, 0) is 11.8 Å². The number of aromatic nitrogens is 2. The zero-order valence-corrected chi connectivity index (χ0v) is 16.0. The van der Waals surface area contributed by atoms with E-state index < -0.39 is 6.04 Å². The maximum Gasteiger partial charge on any atom is 0.252 e. The number of hydrogen-bond acceptors (Lipinski definition) is 4. The lowest BCUT2D eigenvalue weighted by Gasteiger charge is -2.20. The first-order chi connectivity index (χ1) is 13.5. The number of rotatable bonds is 6. The Bertz CT molecular complexity index is 997. The van der Waals surface area contributed by atoms with E-state index >= 15 is 0 Å². The molecular weight excluding hydrogens is 356 g/mol. The Morgan fingerprint density at radius 2 is 1.93 bits per heavy atom. The van der Waals surface area contributed by atoms with E-state index in [0.717, 1.165) is 5.56 Å². The summed E-state index contributed by atoms with van der Waals surface area (Å²) in [5, 5.41) is 5.72. The highest BCUT2D eigenvalue weighted by Crippen LogP contribution is 2.25. The number of benzene rings is 2. The maximum absolute atomic E-state index is 12.9. The molecule has 2 amide bonds. The summed E-state index contributed by atoms with van der Waals surface area (Å²) in [6, 6.07) is 13.8. The van der Waals surface area contributed by atoms with Crippen LogP contribution in [0.1, 0.15) is 34.7 Å². The number of aryl methyl sites for hydroxylation is 1. The van der Waals surface area contributed by atoms with Crippen LogP contribution in [0.5, 0.6) is 5.75 Å². The topological polar surface area (TPSA) is 85.2 Å². The van der Waals surface area contributed by atoms with Crippen molar-refractivity contribution in [3.63, 3.8) is 0 Å². The summed E-state index contributed by atoms with van der Waals surface area (Å²) < 4.78 is 7.17. The number of methoxy groups -OCH3 is 1. The summed E-state index contributed by atoms with van der Waals surface area (Å²) in [6.07, 6.45) is 3.51. The fraction of sp³-hybridized carbons (Fsp3) is 0.190. The molecule has 3 rings (SSSR count). The quantitative estimate of drug-likeness (QED) is 0.691. The van der Waals surface area contributed by atoms with Crippen molar-refractivity contribution in [3.05, 3.63) is 77.9 Å². The highest BCUT2D eigenvalue weighted by Gasteiger charge is 2.22. The SMILES string of the molecule is COc1cccc(C(NC(=O)c2cccc(NC(C)=O)c2)c2nccn2C)c1. The highest BCUT2D eigenvalue weighted by molar-refractivity contribution is 5.97. The van der Waals surface area contributed by atoms with Gasteiger partial charge in [-0.05, 0) is 35.9 Å². The first-order valence-electron chi connectivity index (χ1n) is 8.77. The molecule has 144 valence electrons. The second kappa shape index (κ2) is 8.39. The number of amides is 2. The Labute approximate surface area is 163 Å².